The average molecular weight is 375 g/mol. The lowest BCUT2D eigenvalue weighted by atomic mass is 10.0. The van der Waals surface area contributed by atoms with Crippen LogP contribution in [0.5, 0.6) is 17.2 Å². The van der Waals surface area contributed by atoms with Gasteiger partial charge in [-0.1, -0.05) is 0 Å². The van der Waals surface area contributed by atoms with E-state index in [9.17, 15) is 8.42 Å². The summed E-state index contributed by atoms with van der Waals surface area (Å²) in [5, 5.41) is 0. The van der Waals surface area contributed by atoms with E-state index in [0.29, 0.717) is 31.0 Å². The Kier molecular flexibility index (Phi) is 4.28. The highest BCUT2D eigenvalue weighted by Crippen LogP contribution is 2.37. The van der Waals surface area contributed by atoms with Gasteiger partial charge in [0, 0.05) is 13.1 Å². The van der Waals surface area contributed by atoms with Gasteiger partial charge in [-0.15, -0.1) is 0 Å². The first-order valence-electron chi connectivity index (χ1n) is 8.62. The monoisotopic (exact) mass is 375 g/mol. The van der Waals surface area contributed by atoms with Crippen LogP contribution in [0.4, 0.5) is 0 Å². The van der Waals surface area contributed by atoms with Crippen molar-refractivity contribution in [2.45, 2.75) is 37.8 Å². The summed E-state index contributed by atoms with van der Waals surface area (Å²) < 4.78 is 43.9. The Morgan fingerprint density at radius 3 is 2.35 bits per heavy atom. The maximum Gasteiger partial charge on any atom is 0.243 e. The summed E-state index contributed by atoms with van der Waals surface area (Å²) in [5.41, 5.74) is 2.07. The lowest BCUT2D eigenvalue weighted by Gasteiger charge is -2.28. The van der Waals surface area contributed by atoms with Gasteiger partial charge in [0.1, 0.15) is 5.75 Å². The number of ether oxygens (including phenoxy) is 3. The normalized spacial score (nSPS) is 16.6. The minimum absolute atomic E-state index is 0.0454. The predicted molar refractivity (Wildman–Crippen MR) is 96.1 cm³/mol. The van der Waals surface area contributed by atoms with Crippen LogP contribution >= 0.6 is 0 Å². The molecular formula is C19H21NO5S. The first kappa shape index (κ1) is 17.2. The van der Waals surface area contributed by atoms with Crippen LogP contribution in [0.25, 0.3) is 0 Å². The molecule has 26 heavy (non-hydrogen) atoms. The number of sulfonamides is 1. The lowest BCUT2D eigenvalue weighted by Crippen LogP contribution is -2.35. The third-order valence-electron chi connectivity index (χ3n) is 4.51. The molecule has 138 valence electrons. The number of hydrogen-bond donors (Lipinski definition) is 0. The Morgan fingerprint density at radius 2 is 1.69 bits per heavy atom. The van der Waals surface area contributed by atoms with Crippen LogP contribution in [0.3, 0.4) is 0 Å². The molecule has 0 unspecified atom stereocenters. The van der Waals surface area contributed by atoms with Crippen molar-refractivity contribution in [1.82, 2.24) is 4.31 Å². The van der Waals surface area contributed by atoms with E-state index in [1.165, 1.54) is 4.31 Å². The van der Waals surface area contributed by atoms with Crippen LogP contribution in [0.1, 0.15) is 25.0 Å². The van der Waals surface area contributed by atoms with Crippen molar-refractivity contribution in [2.24, 2.45) is 0 Å². The third kappa shape index (κ3) is 3.12. The van der Waals surface area contributed by atoms with Crippen LogP contribution in [0, 0.1) is 0 Å². The molecule has 0 N–H and O–H groups in total. The maximum atomic E-state index is 13.0. The van der Waals surface area contributed by atoms with E-state index < -0.39 is 10.0 Å². The summed E-state index contributed by atoms with van der Waals surface area (Å²) in [4.78, 5) is 0.276. The molecule has 0 aliphatic carbocycles. The molecule has 4 rings (SSSR count). The molecule has 0 amide bonds. The van der Waals surface area contributed by atoms with Gasteiger partial charge >= 0.3 is 0 Å². The summed E-state index contributed by atoms with van der Waals surface area (Å²) in [6.07, 6.45) is 0.698. The third-order valence-corrected chi connectivity index (χ3v) is 6.36. The van der Waals surface area contributed by atoms with Crippen LogP contribution < -0.4 is 14.2 Å². The van der Waals surface area contributed by atoms with Gasteiger partial charge in [0.15, 0.2) is 11.5 Å². The SMILES string of the molecule is CC(C)Oc1ccc(S(=O)(=O)N2CCc3cc4c(cc3C2)OCO4)cc1. The van der Waals surface area contributed by atoms with Gasteiger partial charge in [-0.2, -0.15) is 4.31 Å². The molecular weight excluding hydrogens is 354 g/mol. The fraction of sp³-hybridized carbons (Fsp3) is 0.368. The molecule has 0 saturated heterocycles. The summed E-state index contributed by atoms with van der Waals surface area (Å²) in [7, 11) is -3.56. The van der Waals surface area contributed by atoms with Crippen LogP contribution in [0.2, 0.25) is 0 Å². The molecule has 0 fully saturated rings. The zero-order valence-electron chi connectivity index (χ0n) is 14.8. The predicted octanol–water partition coefficient (Wildman–Crippen LogP) is 2.95. The number of fused-ring (bicyclic) bond motifs is 2. The Hall–Kier alpha value is -2.25. The molecule has 6 nitrogen and oxygen atoms in total. The van der Waals surface area contributed by atoms with Gasteiger partial charge < -0.3 is 14.2 Å². The van der Waals surface area contributed by atoms with Crippen molar-refractivity contribution < 1.29 is 22.6 Å². The molecule has 2 aliphatic rings. The highest BCUT2D eigenvalue weighted by molar-refractivity contribution is 7.89. The zero-order chi connectivity index (χ0) is 18.3. The van der Waals surface area contributed by atoms with Crippen molar-refractivity contribution in [3.63, 3.8) is 0 Å². The second-order valence-electron chi connectivity index (χ2n) is 6.70. The molecule has 0 atom stereocenters. The van der Waals surface area contributed by atoms with Crippen molar-refractivity contribution in [2.75, 3.05) is 13.3 Å². The highest BCUT2D eigenvalue weighted by atomic mass is 32.2. The largest absolute Gasteiger partial charge is 0.491 e. The molecule has 0 spiro atoms. The molecule has 0 radical (unpaired) electrons. The Morgan fingerprint density at radius 1 is 1.04 bits per heavy atom. The smallest absolute Gasteiger partial charge is 0.243 e. The van der Waals surface area contributed by atoms with E-state index in [1.54, 1.807) is 24.3 Å². The summed E-state index contributed by atoms with van der Waals surface area (Å²) in [6, 6.07) is 10.4. The molecule has 0 bridgehead atoms. The highest BCUT2D eigenvalue weighted by Gasteiger charge is 2.30. The van der Waals surface area contributed by atoms with Crippen LogP contribution in [-0.4, -0.2) is 32.2 Å². The quantitative estimate of drug-likeness (QED) is 0.822. The fourth-order valence-corrected chi connectivity index (χ4v) is 4.66. The zero-order valence-corrected chi connectivity index (χ0v) is 15.6. The van der Waals surface area contributed by atoms with Gasteiger partial charge in [0.2, 0.25) is 16.8 Å². The fourth-order valence-electron chi connectivity index (χ4n) is 3.24. The molecule has 2 aliphatic heterocycles. The molecule has 2 aromatic carbocycles. The molecule has 2 heterocycles. The maximum absolute atomic E-state index is 13.0. The van der Waals surface area contributed by atoms with Gasteiger partial charge in [0.05, 0.1) is 11.0 Å². The average Bonchev–Trinajstić information content (AvgIpc) is 3.06. The van der Waals surface area contributed by atoms with Crippen molar-refractivity contribution in [3.8, 4) is 17.2 Å². The molecule has 0 saturated carbocycles. The lowest BCUT2D eigenvalue weighted by molar-refractivity contribution is 0.174. The first-order chi connectivity index (χ1) is 12.4. The molecule has 7 heteroatoms. The summed E-state index contributed by atoms with van der Waals surface area (Å²) >= 11 is 0. The summed E-state index contributed by atoms with van der Waals surface area (Å²) in [6.45, 7) is 4.85. The van der Waals surface area contributed by atoms with Gasteiger partial charge in [-0.05, 0) is 67.8 Å². The van der Waals surface area contributed by atoms with E-state index in [2.05, 4.69) is 0 Å². The first-order valence-corrected chi connectivity index (χ1v) is 10.1. The number of nitrogens with zero attached hydrogens (tertiary/aromatic N) is 1. The number of hydrogen-bond acceptors (Lipinski definition) is 5. The van der Waals surface area contributed by atoms with E-state index in [0.717, 1.165) is 16.9 Å². The van der Waals surface area contributed by atoms with Gasteiger partial charge in [-0.25, -0.2) is 8.42 Å². The van der Waals surface area contributed by atoms with Crippen molar-refractivity contribution in [1.29, 1.82) is 0 Å². The minimum atomic E-state index is -3.56. The van der Waals surface area contributed by atoms with E-state index in [-0.39, 0.29) is 17.8 Å². The van der Waals surface area contributed by atoms with Crippen LogP contribution in [-0.2, 0) is 23.0 Å². The molecule has 0 aromatic heterocycles. The number of rotatable bonds is 4. The van der Waals surface area contributed by atoms with Gasteiger partial charge in [-0.3, -0.25) is 0 Å². The minimum Gasteiger partial charge on any atom is -0.491 e. The topological polar surface area (TPSA) is 65.1 Å². The van der Waals surface area contributed by atoms with E-state index in [1.807, 2.05) is 26.0 Å². The second kappa shape index (κ2) is 6.48. The number of benzene rings is 2. The Balaban J connectivity index is 1.57. The Bertz CT molecular complexity index is 922. The Labute approximate surface area is 153 Å². The van der Waals surface area contributed by atoms with Crippen molar-refractivity contribution >= 4 is 10.0 Å². The second-order valence-corrected chi connectivity index (χ2v) is 8.64. The standard InChI is InChI=1S/C19H21NO5S/c1-13(2)25-16-3-5-17(6-4-16)26(21,22)20-8-7-14-9-18-19(24-12-23-18)10-15(14)11-20/h3-6,9-10,13H,7-8,11-12H2,1-2H3. The molecule has 2 aromatic rings. The van der Waals surface area contributed by atoms with Crippen molar-refractivity contribution in [3.05, 3.63) is 47.5 Å². The van der Waals surface area contributed by atoms with Gasteiger partial charge in [0.25, 0.3) is 0 Å². The van der Waals surface area contributed by atoms with E-state index in [4.69, 9.17) is 14.2 Å². The van der Waals surface area contributed by atoms with Crippen LogP contribution in [0.15, 0.2) is 41.3 Å². The summed E-state index contributed by atoms with van der Waals surface area (Å²) in [5.74, 6) is 2.08. The van der Waals surface area contributed by atoms with E-state index >= 15 is 0 Å².